The Kier molecular flexibility index (Phi) is 111. The van der Waals surface area contributed by atoms with E-state index in [0.29, 0.717) is 0 Å². The first-order valence-corrected chi connectivity index (χ1v) is 1.64. The molecule has 0 aromatic carbocycles. The zero-order valence-corrected chi connectivity index (χ0v) is 6.19. The van der Waals surface area contributed by atoms with Crippen LogP contribution in [0.15, 0.2) is 0 Å². The van der Waals surface area contributed by atoms with Gasteiger partial charge in [0.1, 0.15) is 0 Å². The Bertz CT molecular complexity index is 13.2. The van der Waals surface area contributed by atoms with Crippen LogP contribution in [-0.2, 0) is 0 Å². The largest absolute Gasteiger partial charge is 2.00 e. The van der Waals surface area contributed by atoms with Crippen LogP contribution in [0.25, 0.3) is 0 Å². The smallest absolute Gasteiger partial charge is 0.854 e. The molecule has 0 bridgehead atoms. The summed E-state index contributed by atoms with van der Waals surface area (Å²) >= 11 is 0. The van der Waals surface area contributed by atoms with Gasteiger partial charge < -0.3 is 39.7 Å². The van der Waals surface area contributed by atoms with Gasteiger partial charge in [-0.2, -0.15) is 0 Å². The first-order chi connectivity index (χ1) is 1.73. The van der Waals surface area contributed by atoms with Crippen LogP contribution >= 0.6 is 8.60 Å². The molecule has 8 heteroatoms. The minimum atomic E-state index is -3.37. The van der Waals surface area contributed by atoms with Crippen LogP contribution in [0.5, 0.6) is 0 Å². The summed E-state index contributed by atoms with van der Waals surface area (Å²) in [6.45, 7) is 0. The molecule has 0 saturated heterocycles. The molecule has 0 radical (unpaired) electrons. The van der Waals surface area contributed by atoms with Crippen molar-refractivity contribution < 1.29 is 31.1 Å². The molecule has 0 aromatic rings. The van der Waals surface area contributed by atoms with Crippen LogP contribution in [0.1, 0.15) is 0 Å². The van der Waals surface area contributed by atoms with Crippen molar-refractivity contribution in [1.82, 2.24) is 0 Å². The van der Waals surface area contributed by atoms with Crippen molar-refractivity contribution in [2.45, 2.75) is 0 Å². The Morgan fingerprint density at radius 3 is 0.750 bits per heavy atom. The van der Waals surface area contributed by atoms with E-state index in [2.05, 4.69) is 0 Å². The van der Waals surface area contributed by atoms with Crippen LogP contribution in [0.3, 0.4) is 0 Å². The summed E-state index contributed by atoms with van der Waals surface area (Å²) in [5.74, 6) is 0. The summed E-state index contributed by atoms with van der Waals surface area (Å²) in [6, 6.07) is 0. The molecule has 0 unspecified atom stereocenters. The third-order valence-corrected chi connectivity index (χ3v) is 0. The van der Waals surface area contributed by atoms with Crippen molar-refractivity contribution in [2.24, 2.45) is 0 Å². The summed E-state index contributed by atoms with van der Waals surface area (Å²) in [7, 11) is -3.37. The SMILES string of the molecule is O.O.O.[Mg+2].[O-]P([O-])[O-]. The first-order valence-electron chi connectivity index (χ1n) is 0.548. The van der Waals surface area contributed by atoms with E-state index in [1.54, 1.807) is 0 Å². The van der Waals surface area contributed by atoms with Gasteiger partial charge in [-0.1, -0.05) is 0 Å². The van der Waals surface area contributed by atoms with Gasteiger partial charge in [-0.3, -0.25) is 0 Å². The maximum Gasteiger partial charge on any atom is 2.00 e. The van der Waals surface area contributed by atoms with E-state index in [0.717, 1.165) is 0 Å². The fourth-order valence-electron chi connectivity index (χ4n) is 0. The van der Waals surface area contributed by atoms with E-state index >= 15 is 0 Å². The zero-order chi connectivity index (χ0) is 3.58. The molecular formula is H6MgO6P-. The quantitative estimate of drug-likeness (QED) is 0.253. The van der Waals surface area contributed by atoms with E-state index in [-0.39, 0.29) is 39.5 Å². The van der Waals surface area contributed by atoms with Crippen molar-refractivity contribution >= 4 is 31.7 Å². The second kappa shape index (κ2) is 24.6. The van der Waals surface area contributed by atoms with E-state index in [4.69, 9.17) is 14.7 Å². The van der Waals surface area contributed by atoms with Crippen molar-refractivity contribution in [1.29, 1.82) is 0 Å². The van der Waals surface area contributed by atoms with E-state index in [9.17, 15) is 0 Å². The van der Waals surface area contributed by atoms with Gasteiger partial charge >= 0.3 is 23.1 Å². The Hall–Kier alpha value is 0.956. The number of rotatable bonds is 0. The molecule has 50 valence electrons. The minimum Gasteiger partial charge on any atom is -0.854 e. The van der Waals surface area contributed by atoms with Gasteiger partial charge in [0.05, 0.1) is 0 Å². The Morgan fingerprint density at radius 1 is 0.750 bits per heavy atom. The topological polar surface area (TPSA) is 164 Å². The molecular weight excluding hydrogens is 151 g/mol. The van der Waals surface area contributed by atoms with Gasteiger partial charge in [0.15, 0.2) is 0 Å². The van der Waals surface area contributed by atoms with Gasteiger partial charge in [0.25, 0.3) is 0 Å². The molecule has 0 amide bonds. The number of hydrogen-bond acceptors (Lipinski definition) is 3. The molecule has 0 aliphatic heterocycles. The van der Waals surface area contributed by atoms with Crippen molar-refractivity contribution in [3.8, 4) is 0 Å². The third-order valence-electron chi connectivity index (χ3n) is 0. The van der Waals surface area contributed by atoms with E-state index in [1.165, 1.54) is 0 Å². The Balaban J connectivity index is -0.00000000750. The molecule has 0 rings (SSSR count). The average molecular weight is 157 g/mol. The molecule has 0 fully saturated rings. The zero-order valence-electron chi connectivity index (χ0n) is 3.88. The third kappa shape index (κ3) is 270. The normalized spacial score (nSPS) is 4.50. The molecule has 0 atom stereocenters. The first kappa shape index (κ1) is 36.2. The maximum atomic E-state index is 8.48. The Labute approximate surface area is 63.2 Å². The Morgan fingerprint density at radius 2 is 0.750 bits per heavy atom. The average Bonchev–Trinajstić information content (AvgIpc) is 0.811. The van der Waals surface area contributed by atoms with Gasteiger partial charge in [0, 0.05) is 0 Å². The predicted molar refractivity (Wildman–Crippen MR) is 23.5 cm³/mol. The summed E-state index contributed by atoms with van der Waals surface area (Å²) in [5, 5.41) is 0. The summed E-state index contributed by atoms with van der Waals surface area (Å²) < 4.78 is 0. The van der Waals surface area contributed by atoms with Crippen molar-refractivity contribution in [2.75, 3.05) is 0 Å². The molecule has 0 heterocycles. The maximum absolute atomic E-state index is 8.48. The molecule has 0 spiro atoms. The van der Waals surface area contributed by atoms with Crippen LogP contribution in [0, 0.1) is 0 Å². The molecule has 6 N–H and O–H groups in total. The van der Waals surface area contributed by atoms with Crippen LogP contribution < -0.4 is 14.7 Å². The second-order valence-electron chi connectivity index (χ2n) is 0.224. The second-order valence-corrected chi connectivity index (χ2v) is 0.671. The minimum absolute atomic E-state index is 0. The molecule has 0 aromatic heterocycles. The summed E-state index contributed by atoms with van der Waals surface area (Å²) in [5.41, 5.74) is 0. The van der Waals surface area contributed by atoms with Crippen LogP contribution in [0.2, 0.25) is 0 Å². The molecule has 8 heavy (non-hydrogen) atoms. The van der Waals surface area contributed by atoms with Gasteiger partial charge in [0.2, 0.25) is 0 Å². The van der Waals surface area contributed by atoms with Crippen molar-refractivity contribution in [3.63, 3.8) is 0 Å². The van der Waals surface area contributed by atoms with Gasteiger partial charge in [-0.15, -0.1) is 0 Å². The molecule has 6 nitrogen and oxygen atoms in total. The van der Waals surface area contributed by atoms with Crippen LogP contribution in [0.4, 0.5) is 0 Å². The molecule has 0 aliphatic rings. The molecule has 0 saturated carbocycles. The van der Waals surface area contributed by atoms with E-state index in [1.807, 2.05) is 0 Å². The fraction of sp³-hybridized carbons (Fsp3) is 0. The molecule has 0 aliphatic carbocycles. The monoisotopic (exact) mass is 157 g/mol. The van der Waals surface area contributed by atoms with Crippen LogP contribution in [-0.4, -0.2) is 39.5 Å². The number of hydrogen-bond donors (Lipinski definition) is 0. The fourth-order valence-corrected chi connectivity index (χ4v) is 0. The summed E-state index contributed by atoms with van der Waals surface area (Å²) in [4.78, 5) is 25.4. The predicted octanol–water partition coefficient (Wildman–Crippen LogP) is -5.56. The van der Waals surface area contributed by atoms with E-state index < -0.39 is 8.60 Å². The summed E-state index contributed by atoms with van der Waals surface area (Å²) in [6.07, 6.45) is 0. The standard InChI is InChI=1S/Mg.O3P.3H2O/c;1-4(2)3;;;/h;;3*1H2/q+2;-3;;;. The van der Waals surface area contributed by atoms with Crippen molar-refractivity contribution in [3.05, 3.63) is 0 Å². The van der Waals surface area contributed by atoms with Gasteiger partial charge in [-0.25, -0.2) is 0 Å². The van der Waals surface area contributed by atoms with Gasteiger partial charge in [-0.05, 0) is 0 Å².